The summed E-state index contributed by atoms with van der Waals surface area (Å²) in [6, 6.07) is 10.6. The highest BCUT2D eigenvalue weighted by Gasteiger charge is 2.03. The summed E-state index contributed by atoms with van der Waals surface area (Å²) in [4.78, 5) is 12.6. The maximum atomic E-state index is 11.6. The zero-order valence-corrected chi connectivity index (χ0v) is 9.78. The second-order valence-corrected chi connectivity index (χ2v) is 4.32. The predicted octanol–water partition coefficient (Wildman–Crippen LogP) is 2.09. The minimum absolute atomic E-state index is 0.273. The van der Waals surface area contributed by atoms with E-state index in [-0.39, 0.29) is 5.91 Å². The lowest BCUT2D eigenvalue weighted by Crippen LogP contribution is -2.17. The number of anilines is 1. The minimum Gasteiger partial charge on any atom is -0.399 e. The van der Waals surface area contributed by atoms with Gasteiger partial charge in [0, 0.05) is 16.1 Å². The molecule has 5 heteroatoms. The Morgan fingerprint density at radius 3 is 2.94 bits per heavy atom. The number of thiophene rings is 1. The summed E-state index contributed by atoms with van der Waals surface area (Å²) in [6.07, 6.45) is 1.61. The molecule has 0 aliphatic rings. The molecule has 0 fully saturated rings. The quantitative estimate of drug-likeness (QED) is 0.494. The normalized spacial score (nSPS) is 10.6. The van der Waals surface area contributed by atoms with E-state index >= 15 is 0 Å². The number of benzene rings is 1. The Hall–Kier alpha value is -2.14. The molecule has 1 aromatic heterocycles. The van der Waals surface area contributed by atoms with Gasteiger partial charge < -0.3 is 5.73 Å². The Balaban J connectivity index is 1.98. The molecule has 1 aromatic carbocycles. The van der Waals surface area contributed by atoms with Crippen LogP contribution in [0.5, 0.6) is 0 Å². The Labute approximate surface area is 103 Å². The fraction of sp³-hybridized carbons (Fsp3) is 0. The van der Waals surface area contributed by atoms with Gasteiger partial charge in [-0.1, -0.05) is 12.1 Å². The summed E-state index contributed by atoms with van der Waals surface area (Å²) in [6.45, 7) is 0. The number of amides is 1. The van der Waals surface area contributed by atoms with Gasteiger partial charge in [-0.15, -0.1) is 11.3 Å². The summed E-state index contributed by atoms with van der Waals surface area (Å²) in [5, 5.41) is 5.81. The van der Waals surface area contributed by atoms with E-state index in [1.54, 1.807) is 41.8 Å². The number of nitrogen functional groups attached to an aromatic ring is 1. The number of carbonyl (C=O) groups is 1. The zero-order chi connectivity index (χ0) is 12.1. The fourth-order valence-corrected chi connectivity index (χ4v) is 1.85. The molecule has 2 aromatic rings. The molecular weight excluding hydrogens is 234 g/mol. The smallest absolute Gasteiger partial charge is 0.271 e. The number of carbonyl (C=O) groups excluding carboxylic acids is 1. The molecule has 3 N–H and O–H groups in total. The molecule has 2 rings (SSSR count). The molecule has 4 nitrogen and oxygen atoms in total. The van der Waals surface area contributed by atoms with Crippen molar-refractivity contribution in [2.45, 2.75) is 0 Å². The van der Waals surface area contributed by atoms with Gasteiger partial charge in [-0.2, -0.15) is 5.10 Å². The number of rotatable bonds is 3. The van der Waals surface area contributed by atoms with E-state index in [1.165, 1.54) is 0 Å². The third-order valence-corrected chi connectivity index (χ3v) is 2.86. The van der Waals surface area contributed by atoms with Crippen molar-refractivity contribution in [2.24, 2.45) is 5.10 Å². The van der Waals surface area contributed by atoms with Crippen molar-refractivity contribution in [1.82, 2.24) is 5.43 Å². The van der Waals surface area contributed by atoms with E-state index in [0.29, 0.717) is 11.3 Å². The van der Waals surface area contributed by atoms with E-state index < -0.39 is 0 Å². The number of nitrogens with zero attached hydrogens (tertiary/aromatic N) is 1. The highest BCUT2D eigenvalue weighted by atomic mass is 32.1. The molecule has 17 heavy (non-hydrogen) atoms. The monoisotopic (exact) mass is 245 g/mol. The van der Waals surface area contributed by atoms with Gasteiger partial charge >= 0.3 is 0 Å². The van der Waals surface area contributed by atoms with Gasteiger partial charge in [-0.3, -0.25) is 4.79 Å². The average molecular weight is 245 g/mol. The van der Waals surface area contributed by atoms with Gasteiger partial charge in [0.05, 0.1) is 6.21 Å². The first kappa shape index (κ1) is 11.3. The molecule has 0 unspecified atom stereocenters. The molecule has 86 valence electrons. The number of nitrogens with two attached hydrogens (primary N) is 1. The Morgan fingerprint density at radius 1 is 1.35 bits per heavy atom. The first-order valence-electron chi connectivity index (χ1n) is 4.98. The standard InChI is InChI=1S/C12H11N3OS/c13-10-4-1-3-9(7-10)12(16)15-14-8-11-5-2-6-17-11/h1-8H,13H2,(H,15,16)/b14-8-. The van der Waals surface area contributed by atoms with Crippen LogP contribution in [-0.4, -0.2) is 12.1 Å². The van der Waals surface area contributed by atoms with Crippen molar-refractivity contribution in [3.63, 3.8) is 0 Å². The van der Waals surface area contributed by atoms with Crippen molar-refractivity contribution in [2.75, 3.05) is 5.73 Å². The molecule has 1 heterocycles. The van der Waals surface area contributed by atoms with Crippen LogP contribution in [0.3, 0.4) is 0 Å². The number of hydrazone groups is 1. The molecular formula is C12H11N3OS. The van der Waals surface area contributed by atoms with Gasteiger partial charge in [0.15, 0.2) is 0 Å². The maximum absolute atomic E-state index is 11.6. The first-order valence-corrected chi connectivity index (χ1v) is 5.86. The molecule has 1 amide bonds. The average Bonchev–Trinajstić information content (AvgIpc) is 2.82. The number of nitrogens with one attached hydrogen (secondary N) is 1. The van der Waals surface area contributed by atoms with Crippen molar-refractivity contribution < 1.29 is 4.79 Å². The van der Waals surface area contributed by atoms with Gasteiger partial charge in [0.25, 0.3) is 5.91 Å². The van der Waals surface area contributed by atoms with Crippen molar-refractivity contribution >= 4 is 29.1 Å². The van der Waals surface area contributed by atoms with Crippen LogP contribution in [0, 0.1) is 0 Å². The summed E-state index contributed by atoms with van der Waals surface area (Å²) in [7, 11) is 0. The second kappa shape index (κ2) is 5.27. The molecule has 0 spiro atoms. The van der Waals surface area contributed by atoms with Gasteiger partial charge in [-0.25, -0.2) is 5.43 Å². The summed E-state index contributed by atoms with van der Waals surface area (Å²) < 4.78 is 0. The Bertz CT molecular complexity index is 534. The molecule has 0 bridgehead atoms. The Kier molecular flexibility index (Phi) is 3.52. The third kappa shape index (κ3) is 3.15. The largest absolute Gasteiger partial charge is 0.399 e. The Morgan fingerprint density at radius 2 is 2.24 bits per heavy atom. The van der Waals surface area contributed by atoms with Gasteiger partial charge in [0.1, 0.15) is 0 Å². The molecule has 0 saturated carbocycles. The van der Waals surface area contributed by atoms with E-state index in [4.69, 9.17) is 5.73 Å². The van der Waals surface area contributed by atoms with E-state index in [0.717, 1.165) is 4.88 Å². The summed E-state index contributed by atoms with van der Waals surface area (Å²) in [5.41, 5.74) is 9.08. The second-order valence-electron chi connectivity index (χ2n) is 3.34. The molecule has 0 aliphatic carbocycles. The molecule has 0 saturated heterocycles. The highest BCUT2D eigenvalue weighted by Crippen LogP contribution is 2.06. The lowest BCUT2D eigenvalue weighted by Gasteiger charge is -2.00. The van der Waals surface area contributed by atoms with Crippen LogP contribution >= 0.6 is 11.3 Å². The third-order valence-electron chi connectivity index (χ3n) is 2.05. The highest BCUT2D eigenvalue weighted by molar-refractivity contribution is 7.11. The predicted molar refractivity (Wildman–Crippen MR) is 70.2 cm³/mol. The van der Waals surface area contributed by atoms with Gasteiger partial charge in [-0.05, 0) is 29.6 Å². The number of hydrogen-bond acceptors (Lipinski definition) is 4. The van der Waals surface area contributed by atoms with Crippen LogP contribution in [0.15, 0.2) is 46.9 Å². The van der Waals surface area contributed by atoms with Crippen LogP contribution in [0.4, 0.5) is 5.69 Å². The topological polar surface area (TPSA) is 67.5 Å². The van der Waals surface area contributed by atoms with Crippen LogP contribution in [0.25, 0.3) is 0 Å². The lowest BCUT2D eigenvalue weighted by molar-refractivity contribution is 0.0955. The lowest BCUT2D eigenvalue weighted by atomic mass is 10.2. The van der Waals surface area contributed by atoms with Crippen LogP contribution < -0.4 is 11.2 Å². The molecule has 0 atom stereocenters. The van der Waals surface area contributed by atoms with Crippen molar-refractivity contribution in [3.05, 3.63) is 52.2 Å². The SMILES string of the molecule is Nc1cccc(C(=O)N/N=C\c2cccs2)c1. The van der Waals surface area contributed by atoms with Crippen molar-refractivity contribution in [1.29, 1.82) is 0 Å². The van der Waals surface area contributed by atoms with E-state index in [9.17, 15) is 4.79 Å². The van der Waals surface area contributed by atoms with Crippen molar-refractivity contribution in [3.8, 4) is 0 Å². The maximum Gasteiger partial charge on any atom is 0.271 e. The van der Waals surface area contributed by atoms with E-state index in [2.05, 4.69) is 10.5 Å². The van der Waals surface area contributed by atoms with Gasteiger partial charge in [0.2, 0.25) is 0 Å². The van der Waals surface area contributed by atoms with Crippen LogP contribution in [0.2, 0.25) is 0 Å². The fourth-order valence-electron chi connectivity index (χ4n) is 1.26. The van der Waals surface area contributed by atoms with Crippen LogP contribution in [0.1, 0.15) is 15.2 Å². The molecule has 0 aliphatic heterocycles. The summed E-state index contributed by atoms with van der Waals surface area (Å²) >= 11 is 1.55. The zero-order valence-electron chi connectivity index (χ0n) is 8.96. The first-order chi connectivity index (χ1) is 8.25. The minimum atomic E-state index is -0.273. The van der Waals surface area contributed by atoms with Crippen LogP contribution in [-0.2, 0) is 0 Å². The number of hydrogen-bond donors (Lipinski definition) is 2. The molecule has 0 radical (unpaired) electrons. The van der Waals surface area contributed by atoms with E-state index in [1.807, 2.05) is 17.5 Å². The summed E-state index contributed by atoms with van der Waals surface area (Å²) in [5.74, 6) is -0.273.